The topological polar surface area (TPSA) is 29.9 Å². The van der Waals surface area contributed by atoms with Gasteiger partial charge in [-0.25, -0.2) is 9.55 Å². The highest BCUT2D eigenvalue weighted by Crippen LogP contribution is 2.38. The summed E-state index contributed by atoms with van der Waals surface area (Å²) in [7, 11) is 2.16. The molecule has 1 saturated carbocycles. The lowest BCUT2D eigenvalue weighted by Gasteiger charge is -2.16. The normalized spacial score (nSPS) is 15.4. The van der Waals surface area contributed by atoms with Gasteiger partial charge in [0.15, 0.2) is 11.8 Å². The van der Waals surface area contributed by atoms with Gasteiger partial charge >= 0.3 is 0 Å². The Labute approximate surface area is 185 Å². The van der Waals surface area contributed by atoms with Gasteiger partial charge in [-0.1, -0.05) is 45.7 Å². The first kappa shape index (κ1) is 20.2. The van der Waals surface area contributed by atoms with E-state index in [4.69, 9.17) is 9.40 Å². The van der Waals surface area contributed by atoms with Crippen molar-refractivity contribution in [2.75, 3.05) is 0 Å². The van der Waals surface area contributed by atoms with Gasteiger partial charge in [-0.05, 0) is 61.3 Å². The average Bonchev–Trinajstić information content (AvgIpc) is 3.34. The van der Waals surface area contributed by atoms with Crippen molar-refractivity contribution in [3.8, 4) is 11.3 Å². The van der Waals surface area contributed by atoms with E-state index in [0.717, 1.165) is 34.2 Å². The molecule has 0 spiro atoms. The molecule has 0 bridgehead atoms. The maximum Gasteiger partial charge on any atom is 0.227 e. The molecule has 1 fully saturated rings. The molecule has 1 aliphatic carbocycles. The fourth-order valence-electron chi connectivity index (χ4n) is 5.21. The number of benzene rings is 1. The number of furan rings is 1. The molecule has 3 heterocycles. The summed E-state index contributed by atoms with van der Waals surface area (Å²) in [5.41, 5.74) is 8.03. The van der Waals surface area contributed by atoms with Crippen molar-refractivity contribution in [3.05, 3.63) is 59.4 Å². The largest absolute Gasteiger partial charge is 0.437 e. The van der Waals surface area contributed by atoms with E-state index in [9.17, 15) is 0 Å². The first-order chi connectivity index (χ1) is 14.8. The van der Waals surface area contributed by atoms with E-state index in [0.29, 0.717) is 5.92 Å². The van der Waals surface area contributed by atoms with Crippen LogP contribution in [-0.4, -0.2) is 4.98 Å². The Morgan fingerprint density at radius 3 is 2.45 bits per heavy atom. The summed E-state index contributed by atoms with van der Waals surface area (Å²) in [5, 5.41) is 2.24. The Bertz CT molecular complexity index is 1270. The zero-order valence-corrected chi connectivity index (χ0v) is 19.5. The summed E-state index contributed by atoms with van der Waals surface area (Å²) in [6.45, 7) is 8.90. The molecule has 0 aliphatic heterocycles. The highest BCUT2D eigenvalue weighted by molar-refractivity contribution is 6.08. The maximum atomic E-state index is 6.43. The molecule has 0 saturated heterocycles. The smallest absolute Gasteiger partial charge is 0.227 e. The molecule has 160 valence electrons. The van der Waals surface area contributed by atoms with Gasteiger partial charge in [0.05, 0.1) is 5.56 Å². The fourth-order valence-corrected chi connectivity index (χ4v) is 5.21. The minimum Gasteiger partial charge on any atom is -0.437 e. The van der Waals surface area contributed by atoms with E-state index in [1.165, 1.54) is 48.1 Å². The third kappa shape index (κ3) is 3.75. The number of hydrogen-bond acceptors (Lipinski definition) is 2. The maximum absolute atomic E-state index is 6.43. The van der Waals surface area contributed by atoms with Gasteiger partial charge in [-0.15, -0.1) is 0 Å². The van der Waals surface area contributed by atoms with Crippen LogP contribution >= 0.6 is 0 Å². The quantitative estimate of drug-likeness (QED) is 0.338. The summed E-state index contributed by atoms with van der Waals surface area (Å²) < 4.78 is 8.71. The lowest BCUT2D eigenvalue weighted by atomic mass is 9.90. The van der Waals surface area contributed by atoms with E-state index in [2.05, 4.69) is 81.9 Å². The van der Waals surface area contributed by atoms with E-state index >= 15 is 0 Å². The zero-order valence-electron chi connectivity index (χ0n) is 19.5. The van der Waals surface area contributed by atoms with Crippen LogP contribution in [0.5, 0.6) is 0 Å². The molecule has 4 aromatic rings. The van der Waals surface area contributed by atoms with E-state index in [-0.39, 0.29) is 5.41 Å². The third-order valence-corrected chi connectivity index (χ3v) is 6.72. The number of fused-ring (bicyclic) bond motifs is 3. The molecule has 1 aromatic carbocycles. The van der Waals surface area contributed by atoms with Crippen molar-refractivity contribution in [3.63, 3.8) is 0 Å². The molecular formula is C28H33N2O+. The second-order valence-corrected chi connectivity index (χ2v) is 10.6. The van der Waals surface area contributed by atoms with E-state index < -0.39 is 0 Å². The van der Waals surface area contributed by atoms with Gasteiger partial charge in [0.1, 0.15) is 7.05 Å². The highest BCUT2D eigenvalue weighted by Gasteiger charge is 2.24. The van der Waals surface area contributed by atoms with Crippen molar-refractivity contribution in [2.45, 2.75) is 65.7 Å². The van der Waals surface area contributed by atoms with Gasteiger partial charge in [0.25, 0.3) is 0 Å². The molecule has 1 aliphatic rings. The number of nitrogens with zero attached hydrogens (tertiary/aromatic N) is 2. The van der Waals surface area contributed by atoms with Gasteiger partial charge in [-0.2, -0.15) is 0 Å². The third-order valence-electron chi connectivity index (χ3n) is 6.72. The second kappa shape index (κ2) is 7.47. The van der Waals surface area contributed by atoms with E-state index in [1.54, 1.807) is 0 Å². The van der Waals surface area contributed by atoms with E-state index in [1.807, 2.05) is 0 Å². The Balaban J connectivity index is 1.64. The Hall–Kier alpha value is -2.68. The van der Waals surface area contributed by atoms with Crippen LogP contribution in [0.2, 0.25) is 0 Å². The Kier molecular flexibility index (Phi) is 4.88. The van der Waals surface area contributed by atoms with Crippen LogP contribution in [0.1, 0.15) is 69.2 Å². The second-order valence-electron chi connectivity index (χ2n) is 10.6. The molecule has 0 N–H and O–H groups in total. The lowest BCUT2D eigenvalue weighted by molar-refractivity contribution is -0.660. The zero-order chi connectivity index (χ0) is 21.8. The summed E-state index contributed by atoms with van der Waals surface area (Å²) in [5.74, 6) is 0.716. The highest BCUT2D eigenvalue weighted by atomic mass is 16.3. The molecule has 5 rings (SSSR count). The minimum absolute atomic E-state index is 0.198. The lowest BCUT2D eigenvalue weighted by Crippen LogP contribution is -2.31. The first-order valence-electron chi connectivity index (χ1n) is 11.6. The van der Waals surface area contributed by atoms with Crippen LogP contribution in [-0.2, 0) is 13.5 Å². The van der Waals surface area contributed by atoms with Crippen molar-refractivity contribution >= 4 is 22.1 Å². The summed E-state index contributed by atoms with van der Waals surface area (Å²) >= 11 is 0. The molecule has 3 aromatic heterocycles. The average molecular weight is 414 g/mol. The van der Waals surface area contributed by atoms with Crippen LogP contribution in [0.25, 0.3) is 33.3 Å². The molecule has 0 radical (unpaired) electrons. The number of rotatable bonds is 3. The van der Waals surface area contributed by atoms with Crippen molar-refractivity contribution < 1.29 is 8.98 Å². The molecule has 31 heavy (non-hydrogen) atoms. The van der Waals surface area contributed by atoms with Gasteiger partial charge in [0, 0.05) is 28.1 Å². The monoisotopic (exact) mass is 413 g/mol. The van der Waals surface area contributed by atoms with Gasteiger partial charge in [-0.3, -0.25) is 0 Å². The molecule has 0 amide bonds. The molecular weight excluding hydrogens is 380 g/mol. The van der Waals surface area contributed by atoms with Crippen molar-refractivity contribution in [2.24, 2.45) is 12.5 Å². The Morgan fingerprint density at radius 1 is 1.00 bits per heavy atom. The molecule has 3 heteroatoms. The molecule has 0 unspecified atom stereocenters. The standard InChI is InChI=1S/C28H33N2O/c1-18-10-13-22-23-14-12-21(16-28(2,3)4)29-27(23)31-26(22)25(18)24-15-11-20(17-30(24)5)19-8-6-7-9-19/h10-15,17,19H,6-9,16H2,1-5H3/q+1. The van der Waals surface area contributed by atoms with Crippen molar-refractivity contribution in [1.82, 2.24) is 4.98 Å². The summed E-state index contributed by atoms with van der Waals surface area (Å²) in [6.07, 6.45) is 8.62. The van der Waals surface area contributed by atoms with Crippen LogP contribution in [0.4, 0.5) is 0 Å². The minimum atomic E-state index is 0.198. The Morgan fingerprint density at radius 2 is 1.74 bits per heavy atom. The van der Waals surface area contributed by atoms with Crippen molar-refractivity contribution in [1.29, 1.82) is 0 Å². The molecule has 0 atom stereocenters. The molecule has 3 nitrogen and oxygen atoms in total. The predicted molar refractivity (Wildman–Crippen MR) is 127 cm³/mol. The van der Waals surface area contributed by atoms with Gasteiger partial charge in [0.2, 0.25) is 11.4 Å². The first-order valence-corrected chi connectivity index (χ1v) is 11.6. The van der Waals surface area contributed by atoms with Crippen LogP contribution < -0.4 is 4.57 Å². The number of aromatic nitrogens is 2. The van der Waals surface area contributed by atoms with Crippen LogP contribution in [0.15, 0.2) is 47.0 Å². The number of hydrogen-bond donors (Lipinski definition) is 0. The predicted octanol–water partition coefficient (Wildman–Crippen LogP) is 7.03. The van der Waals surface area contributed by atoms with Crippen LogP contribution in [0.3, 0.4) is 0 Å². The SMILES string of the molecule is Cc1ccc2c(oc3nc(CC(C)(C)C)ccc32)c1-c1ccc(C2CCCC2)c[n+]1C. The number of aryl methyl sites for hydroxylation is 2. The van der Waals surface area contributed by atoms with Crippen LogP contribution in [0, 0.1) is 12.3 Å². The summed E-state index contributed by atoms with van der Waals surface area (Å²) in [6, 6.07) is 13.3. The number of pyridine rings is 2. The summed E-state index contributed by atoms with van der Waals surface area (Å²) in [4.78, 5) is 4.88. The van der Waals surface area contributed by atoms with Gasteiger partial charge < -0.3 is 4.42 Å². The fraction of sp³-hybridized carbons (Fsp3) is 0.429.